The lowest BCUT2D eigenvalue weighted by Crippen LogP contribution is -2.23. The summed E-state index contributed by atoms with van der Waals surface area (Å²) in [5.41, 5.74) is 12.0. The largest absolute Gasteiger partial charge is 0.368 e. The normalized spacial score (nSPS) is 12.0. The van der Waals surface area contributed by atoms with Crippen LogP contribution in [0.2, 0.25) is 0 Å². The fourth-order valence-corrected chi connectivity index (χ4v) is 5.60. The van der Waals surface area contributed by atoms with E-state index in [-0.39, 0.29) is 5.95 Å². The SMILES string of the molecule is CC(C)S(=O)(=O)n1c(N)nc2ccc(-c3c(-c4ccccc4)ncn3CCCc3ccccc3)cc21. The van der Waals surface area contributed by atoms with Crippen LogP contribution in [0.5, 0.6) is 0 Å². The van der Waals surface area contributed by atoms with Gasteiger partial charge in [0.2, 0.25) is 16.0 Å². The molecule has 0 bridgehead atoms. The number of hydrogen-bond acceptors (Lipinski definition) is 5. The zero-order valence-electron chi connectivity index (χ0n) is 20.4. The van der Waals surface area contributed by atoms with Gasteiger partial charge >= 0.3 is 0 Å². The van der Waals surface area contributed by atoms with E-state index in [4.69, 9.17) is 10.7 Å². The fraction of sp³-hybridized carbons (Fsp3) is 0.214. The molecule has 0 aliphatic carbocycles. The second-order valence-electron chi connectivity index (χ2n) is 9.12. The highest BCUT2D eigenvalue weighted by Crippen LogP contribution is 2.34. The lowest BCUT2D eigenvalue weighted by Gasteiger charge is -2.13. The highest BCUT2D eigenvalue weighted by molar-refractivity contribution is 7.90. The van der Waals surface area contributed by atoms with Crippen LogP contribution in [0.15, 0.2) is 85.2 Å². The van der Waals surface area contributed by atoms with Crippen LogP contribution in [-0.2, 0) is 23.0 Å². The van der Waals surface area contributed by atoms with Crippen molar-refractivity contribution in [3.05, 3.63) is 90.8 Å². The van der Waals surface area contributed by atoms with E-state index in [9.17, 15) is 8.42 Å². The highest BCUT2D eigenvalue weighted by atomic mass is 32.2. The minimum Gasteiger partial charge on any atom is -0.368 e. The van der Waals surface area contributed by atoms with Crippen LogP contribution in [0.25, 0.3) is 33.5 Å². The quantitative estimate of drug-likeness (QED) is 0.310. The van der Waals surface area contributed by atoms with Gasteiger partial charge < -0.3 is 10.3 Å². The van der Waals surface area contributed by atoms with Crippen LogP contribution >= 0.6 is 0 Å². The molecule has 8 heteroatoms. The summed E-state index contributed by atoms with van der Waals surface area (Å²) in [6.07, 6.45) is 3.76. The van der Waals surface area contributed by atoms with Crippen LogP contribution in [0.3, 0.4) is 0 Å². The molecule has 0 fully saturated rings. The Bertz CT molecular complexity index is 1600. The summed E-state index contributed by atoms with van der Waals surface area (Å²) in [6.45, 7) is 4.05. The van der Waals surface area contributed by atoms with E-state index in [0.717, 1.165) is 45.9 Å². The molecule has 5 aromatic rings. The van der Waals surface area contributed by atoms with Gasteiger partial charge in [0.1, 0.15) is 0 Å². The molecule has 0 atom stereocenters. The highest BCUT2D eigenvalue weighted by Gasteiger charge is 2.25. The van der Waals surface area contributed by atoms with Crippen LogP contribution in [0.4, 0.5) is 5.95 Å². The average Bonchev–Trinajstić information content (AvgIpc) is 3.45. The van der Waals surface area contributed by atoms with Crippen molar-refractivity contribution in [1.82, 2.24) is 18.5 Å². The van der Waals surface area contributed by atoms with Gasteiger partial charge in [0.05, 0.1) is 34.0 Å². The van der Waals surface area contributed by atoms with Gasteiger partial charge in [-0.25, -0.2) is 22.4 Å². The van der Waals surface area contributed by atoms with Gasteiger partial charge in [0.25, 0.3) is 0 Å². The van der Waals surface area contributed by atoms with Crippen LogP contribution < -0.4 is 5.73 Å². The minimum absolute atomic E-state index is 0.0319. The van der Waals surface area contributed by atoms with Gasteiger partial charge in [-0.3, -0.25) is 0 Å². The van der Waals surface area contributed by atoms with Crippen molar-refractivity contribution in [3.8, 4) is 22.5 Å². The number of fused-ring (bicyclic) bond motifs is 1. The second kappa shape index (κ2) is 9.62. The number of nitrogens with two attached hydrogens (primary N) is 1. The predicted molar refractivity (Wildman–Crippen MR) is 145 cm³/mol. The molecule has 5 rings (SSSR count). The fourth-order valence-electron chi connectivity index (χ4n) is 4.46. The Balaban J connectivity index is 1.61. The molecule has 0 spiro atoms. The Labute approximate surface area is 211 Å². The lowest BCUT2D eigenvalue weighted by molar-refractivity contribution is 0.580. The third-order valence-corrected chi connectivity index (χ3v) is 8.44. The number of benzene rings is 3. The molecule has 0 aliphatic rings. The number of rotatable bonds is 8. The van der Waals surface area contributed by atoms with Gasteiger partial charge in [-0.1, -0.05) is 66.7 Å². The molecule has 2 heterocycles. The van der Waals surface area contributed by atoms with Crippen molar-refractivity contribution in [3.63, 3.8) is 0 Å². The van der Waals surface area contributed by atoms with E-state index in [1.807, 2.05) is 60.9 Å². The maximum Gasteiger partial charge on any atom is 0.244 e. The summed E-state index contributed by atoms with van der Waals surface area (Å²) >= 11 is 0. The van der Waals surface area contributed by atoms with Gasteiger partial charge in [0, 0.05) is 17.7 Å². The topological polar surface area (TPSA) is 95.8 Å². The van der Waals surface area contributed by atoms with Crippen molar-refractivity contribution in [2.75, 3.05) is 5.73 Å². The molecule has 36 heavy (non-hydrogen) atoms. The second-order valence-corrected chi connectivity index (χ2v) is 11.5. The molecule has 184 valence electrons. The van der Waals surface area contributed by atoms with Crippen molar-refractivity contribution < 1.29 is 8.42 Å². The number of imidazole rings is 2. The van der Waals surface area contributed by atoms with E-state index >= 15 is 0 Å². The third-order valence-electron chi connectivity index (χ3n) is 6.35. The number of nitrogens with zero attached hydrogens (tertiary/aromatic N) is 4. The Morgan fingerprint density at radius 1 is 0.917 bits per heavy atom. The molecule has 0 unspecified atom stereocenters. The number of nitrogen functional groups attached to an aromatic ring is 1. The van der Waals surface area contributed by atoms with Crippen LogP contribution in [-0.4, -0.2) is 32.2 Å². The summed E-state index contributed by atoms with van der Waals surface area (Å²) < 4.78 is 29.5. The number of aromatic nitrogens is 4. The zero-order valence-corrected chi connectivity index (χ0v) is 21.2. The standard InChI is InChI=1S/C28H29N5O2S/c1-20(2)36(34,35)33-25-18-23(15-16-24(25)31-28(33)29)27-26(22-13-7-4-8-14-22)30-19-32(27)17-9-12-21-10-5-3-6-11-21/h3-8,10-11,13-16,18-20H,9,12,17H2,1-2H3,(H2,29,31). The maximum absolute atomic E-state index is 13.1. The summed E-state index contributed by atoms with van der Waals surface area (Å²) in [5.74, 6) is -0.0319. The molecule has 2 N–H and O–H groups in total. The first kappa shape index (κ1) is 23.8. The zero-order chi connectivity index (χ0) is 25.3. The van der Waals surface area contributed by atoms with Gasteiger partial charge in [-0.15, -0.1) is 0 Å². The molecule has 0 saturated heterocycles. The summed E-state index contributed by atoms with van der Waals surface area (Å²) in [4.78, 5) is 9.08. The van der Waals surface area contributed by atoms with Gasteiger partial charge in [-0.05, 0) is 44.4 Å². The van der Waals surface area contributed by atoms with Crippen LogP contribution in [0, 0.1) is 0 Å². The number of hydrogen-bond donors (Lipinski definition) is 1. The van der Waals surface area contributed by atoms with E-state index in [1.54, 1.807) is 13.8 Å². The van der Waals surface area contributed by atoms with Gasteiger partial charge in [-0.2, -0.15) is 0 Å². The molecule has 2 aromatic heterocycles. The van der Waals surface area contributed by atoms with Crippen molar-refractivity contribution >= 4 is 27.0 Å². The van der Waals surface area contributed by atoms with E-state index in [1.165, 1.54) is 5.56 Å². The van der Waals surface area contributed by atoms with Crippen molar-refractivity contribution in [1.29, 1.82) is 0 Å². The maximum atomic E-state index is 13.1. The summed E-state index contributed by atoms with van der Waals surface area (Å²) in [7, 11) is -3.69. The molecule has 0 aliphatic heterocycles. The first-order valence-electron chi connectivity index (χ1n) is 12.0. The first-order chi connectivity index (χ1) is 17.4. The van der Waals surface area contributed by atoms with Gasteiger partial charge in [0.15, 0.2) is 0 Å². The Morgan fingerprint density at radius 3 is 2.31 bits per heavy atom. The molecular formula is C28H29N5O2S. The average molecular weight is 500 g/mol. The molecule has 0 saturated carbocycles. The monoisotopic (exact) mass is 499 g/mol. The lowest BCUT2D eigenvalue weighted by atomic mass is 10.0. The van der Waals surface area contributed by atoms with Crippen molar-refractivity contribution in [2.24, 2.45) is 0 Å². The molecule has 0 amide bonds. The number of anilines is 1. The van der Waals surface area contributed by atoms with Crippen molar-refractivity contribution in [2.45, 2.75) is 38.5 Å². The smallest absolute Gasteiger partial charge is 0.244 e. The first-order valence-corrected chi connectivity index (χ1v) is 13.5. The molecule has 0 radical (unpaired) electrons. The van der Waals surface area contributed by atoms with Crippen LogP contribution in [0.1, 0.15) is 25.8 Å². The van der Waals surface area contributed by atoms with E-state index < -0.39 is 15.3 Å². The minimum atomic E-state index is -3.69. The summed E-state index contributed by atoms with van der Waals surface area (Å²) in [6, 6.07) is 26.1. The molecular weight excluding hydrogens is 470 g/mol. The molecule has 7 nitrogen and oxygen atoms in total. The number of aryl methyl sites for hydroxylation is 2. The summed E-state index contributed by atoms with van der Waals surface area (Å²) in [5, 5.41) is -0.635. The Kier molecular flexibility index (Phi) is 6.36. The molecule has 3 aromatic carbocycles. The predicted octanol–water partition coefficient (Wildman–Crippen LogP) is 5.37. The Hall–Kier alpha value is -3.91. The third kappa shape index (κ3) is 4.40. The van der Waals surface area contributed by atoms with E-state index in [2.05, 4.69) is 33.8 Å². The van der Waals surface area contributed by atoms with E-state index in [0.29, 0.717) is 11.0 Å². The Morgan fingerprint density at radius 2 is 1.61 bits per heavy atom.